The number of hydrogen-bond acceptors (Lipinski definition) is 5. The molecule has 8 heteroatoms. The van der Waals surface area contributed by atoms with Crippen molar-refractivity contribution in [2.75, 3.05) is 7.11 Å². The van der Waals surface area contributed by atoms with Gasteiger partial charge in [-0.3, -0.25) is 14.3 Å². The fraction of sp³-hybridized carbons (Fsp3) is 0.350. The highest BCUT2D eigenvalue weighted by Gasteiger charge is 2.36. The molecule has 146 valence electrons. The van der Waals surface area contributed by atoms with E-state index in [2.05, 4.69) is 15.4 Å². The Balaban J connectivity index is 1.66. The lowest BCUT2D eigenvalue weighted by Gasteiger charge is -2.37. The zero-order valence-electron chi connectivity index (χ0n) is 15.7. The molecule has 1 saturated carbocycles. The summed E-state index contributed by atoms with van der Waals surface area (Å²) in [7, 11) is 3.33. The molecule has 28 heavy (non-hydrogen) atoms. The highest BCUT2D eigenvalue weighted by Crippen LogP contribution is 2.38. The largest absolute Gasteiger partial charge is 0.497 e. The van der Waals surface area contributed by atoms with Crippen LogP contribution in [-0.2, 0) is 7.05 Å². The van der Waals surface area contributed by atoms with Crippen LogP contribution in [0.4, 0.5) is 0 Å². The van der Waals surface area contributed by atoms with Crippen LogP contribution in [0.5, 0.6) is 5.75 Å². The second kappa shape index (κ2) is 7.12. The van der Waals surface area contributed by atoms with Crippen molar-refractivity contribution in [2.45, 2.75) is 25.0 Å². The number of nitrogens with zero attached hydrogens (tertiary/aromatic N) is 2. The van der Waals surface area contributed by atoms with Gasteiger partial charge in [-0.25, -0.2) is 0 Å². The number of nitrogens with one attached hydrogen (secondary N) is 2. The number of fused-ring (bicyclic) bond motifs is 1. The van der Waals surface area contributed by atoms with Crippen molar-refractivity contribution in [3.05, 3.63) is 58.1 Å². The zero-order valence-corrected chi connectivity index (χ0v) is 15.7. The van der Waals surface area contributed by atoms with Gasteiger partial charge in [-0.15, -0.1) is 0 Å². The van der Waals surface area contributed by atoms with Crippen LogP contribution < -0.4 is 15.5 Å². The minimum Gasteiger partial charge on any atom is -0.497 e. The predicted molar refractivity (Wildman–Crippen MR) is 103 cm³/mol. The molecule has 0 bridgehead atoms. The Kier molecular flexibility index (Phi) is 4.64. The van der Waals surface area contributed by atoms with E-state index in [0.29, 0.717) is 29.5 Å². The van der Waals surface area contributed by atoms with Crippen LogP contribution in [0, 0.1) is 5.92 Å². The van der Waals surface area contributed by atoms with Crippen molar-refractivity contribution < 1.29 is 14.6 Å². The lowest BCUT2D eigenvalue weighted by molar-refractivity contribution is 0.0235. The van der Waals surface area contributed by atoms with E-state index in [0.717, 1.165) is 5.56 Å². The molecule has 0 radical (unpaired) electrons. The maximum Gasteiger partial charge on any atom is 0.257 e. The third-order valence-electron chi connectivity index (χ3n) is 5.32. The molecular formula is C20H22N4O4. The van der Waals surface area contributed by atoms with E-state index < -0.39 is 5.91 Å². The molecule has 0 saturated heterocycles. The molecule has 0 aliphatic heterocycles. The number of aromatic nitrogens is 3. The number of pyridine rings is 1. The maximum atomic E-state index is 12.9. The Morgan fingerprint density at radius 1 is 1.43 bits per heavy atom. The number of rotatable bonds is 5. The molecule has 3 N–H and O–H groups in total. The van der Waals surface area contributed by atoms with Crippen LogP contribution in [0.25, 0.3) is 10.9 Å². The summed E-state index contributed by atoms with van der Waals surface area (Å²) in [5.41, 5.74) is 1.16. The van der Waals surface area contributed by atoms with E-state index in [1.807, 2.05) is 6.20 Å². The van der Waals surface area contributed by atoms with Gasteiger partial charge in [0, 0.05) is 35.9 Å². The number of H-pyrrole nitrogens is 1. The molecule has 3 aromatic rings. The predicted octanol–water partition coefficient (Wildman–Crippen LogP) is 1.51. The van der Waals surface area contributed by atoms with Crippen molar-refractivity contribution in [1.29, 1.82) is 0 Å². The molecular weight excluding hydrogens is 360 g/mol. The molecule has 1 aromatic carbocycles. The number of aliphatic hydroxyl groups excluding tert-OH is 1. The Bertz CT molecular complexity index is 1080. The molecule has 1 unspecified atom stereocenters. The lowest BCUT2D eigenvalue weighted by atomic mass is 9.75. The first-order valence-corrected chi connectivity index (χ1v) is 9.13. The van der Waals surface area contributed by atoms with Crippen LogP contribution in [-0.4, -0.2) is 39.0 Å². The summed E-state index contributed by atoms with van der Waals surface area (Å²) in [6.07, 6.45) is 5.83. The SMILES string of the molecule is COc1ccc2[nH]cc(C(=O)NC(c3cnn(C)c3)C3CC(O)C3)c(=O)c2c1. The number of aromatic amines is 1. The van der Waals surface area contributed by atoms with Crippen LogP contribution in [0.2, 0.25) is 0 Å². The van der Waals surface area contributed by atoms with E-state index in [1.54, 1.807) is 36.1 Å². The molecule has 2 heterocycles. The van der Waals surface area contributed by atoms with Crippen molar-refractivity contribution in [3.63, 3.8) is 0 Å². The molecule has 8 nitrogen and oxygen atoms in total. The summed E-state index contributed by atoms with van der Waals surface area (Å²) in [6, 6.07) is 4.79. The normalized spacial score (nSPS) is 19.8. The average Bonchev–Trinajstić information content (AvgIpc) is 3.10. The molecule has 1 amide bonds. The van der Waals surface area contributed by atoms with Crippen LogP contribution in [0.1, 0.15) is 34.8 Å². The highest BCUT2D eigenvalue weighted by molar-refractivity contribution is 5.97. The molecule has 2 aromatic heterocycles. The summed E-state index contributed by atoms with van der Waals surface area (Å²) < 4.78 is 6.85. The Morgan fingerprint density at radius 2 is 2.21 bits per heavy atom. The number of aryl methyl sites for hydroxylation is 1. The van der Waals surface area contributed by atoms with Gasteiger partial charge in [0.2, 0.25) is 5.43 Å². The standard InChI is InChI=1S/C20H22N4O4/c1-24-10-12(8-22-24)18(11-5-13(25)6-11)23-20(27)16-9-21-17-4-3-14(28-2)7-15(17)19(16)26/h3-4,7-11,13,18,25H,5-6H2,1-2H3,(H,21,26)(H,23,27). The Labute approximate surface area is 161 Å². The van der Waals surface area contributed by atoms with Crippen molar-refractivity contribution in [3.8, 4) is 5.75 Å². The third-order valence-corrected chi connectivity index (χ3v) is 5.32. The van der Waals surface area contributed by atoms with Crippen molar-refractivity contribution >= 4 is 16.8 Å². The minimum atomic E-state index is -0.457. The Hall–Kier alpha value is -3.13. The number of methoxy groups -OCH3 is 1. The first-order valence-electron chi connectivity index (χ1n) is 9.13. The molecule has 1 aliphatic rings. The quantitative estimate of drug-likeness (QED) is 0.620. The van der Waals surface area contributed by atoms with E-state index in [4.69, 9.17) is 4.74 Å². The van der Waals surface area contributed by atoms with E-state index >= 15 is 0 Å². The monoisotopic (exact) mass is 382 g/mol. The summed E-state index contributed by atoms with van der Waals surface area (Å²) >= 11 is 0. The molecule has 1 aliphatic carbocycles. The first kappa shape index (κ1) is 18.2. The van der Waals surface area contributed by atoms with Gasteiger partial charge < -0.3 is 20.1 Å². The fourth-order valence-corrected chi connectivity index (χ4v) is 3.69. The Morgan fingerprint density at radius 3 is 2.86 bits per heavy atom. The first-order chi connectivity index (χ1) is 13.5. The maximum absolute atomic E-state index is 12.9. The van der Waals surface area contributed by atoms with Gasteiger partial charge >= 0.3 is 0 Å². The number of amides is 1. The van der Waals surface area contributed by atoms with Crippen molar-refractivity contribution in [1.82, 2.24) is 20.1 Å². The molecule has 1 atom stereocenters. The smallest absolute Gasteiger partial charge is 0.257 e. The molecule has 0 spiro atoms. The van der Waals surface area contributed by atoms with Gasteiger partial charge in [0.1, 0.15) is 11.3 Å². The summed E-state index contributed by atoms with van der Waals surface area (Å²) in [5, 5.41) is 17.2. The lowest BCUT2D eigenvalue weighted by Crippen LogP contribution is -2.42. The molecule has 4 rings (SSSR count). The zero-order chi connectivity index (χ0) is 19.8. The third kappa shape index (κ3) is 3.27. The number of hydrogen-bond donors (Lipinski definition) is 3. The van der Waals surface area contributed by atoms with Gasteiger partial charge in [0.05, 0.1) is 25.5 Å². The van der Waals surface area contributed by atoms with E-state index in [9.17, 15) is 14.7 Å². The van der Waals surface area contributed by atoms with Gasteiger partial charge in [0.25, 0.3) is 5.91 Å². The number of aliphatic hydroxyl groups is 1. The highest BCUT2D eigenvalue weighted by atomic mass is 16.5. The number of carbonyl (C=O) groups excluding carboxylic acids is 1. The fourth-order valence-electron chi connectivity index (χ4n) is 3.69. The van der Waals surface area contributed by atoms with Gasteiger partial charge in [-0.1, -0.05) is 0 Å². The second-order valence-electron chi connectivity index (χ2n) is 7.23. The van der Waals surface area contributed by atoms with Crippen molar-refractivity contribution in [2.24, 2.45) is 13.0 Å². The summed E-state index contributed by atoms with van der Waals surface area (Å²) in [6.45, 7) is 0. The number of benzene rings is 1. The van der Waals surface area contributed by atoms with Gasteiger partial charge in [-0.2, -0.15) is 5.10 Å². The van der Waals surface area contributed by atoms with E-state index in [1.165, 1.54) is 13.3 Å². The van der Waals surface area contributed by atoms with Crippen LogP contribution >= 0.6 is 0 Å². The van der Waals surface area contributed by atoms with Gasteiger partial charge in [-0.05, 0) is 37.0 Å². The van der Waals surface area contributed by atoms with Gasteiger partial charge in [0.15, 0.2) is 0 Å². The molecule has 1 fully saturated rings. The van der Waals surface area contributed by atoms with E-state index in [-0.39, 0.29) is 29.1 Å². The summed E-state index contributed by atoms with van der Waals surface area (Å²) in [5.74, 6) is 0.191. The van der Waals surface area contributed by atoms with Crippen LogP contribution in [0.15, 0.2) is 41.6 Å². The minimum absolute atomic E-state index is 0.0366. The topological polar surface area (TPSA) is 109 Å². The van der Waals surface area contributed by atoms with Crippen LogP contribution in [0.3, 0.4) is 0 Å². The summed E-state index contributed by atoms with van der Waals surface area (Å²) in [4.78, 5) is 28.8. The second-order valence-corrected chi connectivity index (χ2v) is 7.23. The number of carbonyl (C=O) groups is 1. The average molecular weight is 382 g/mol. The number of ether oxygens (including phenoxy) is 1.